The van der Waals surface area contributed by atoms with Crippen molar-refractivity contribution >= 4 is 15.9 Å². The molecule has 1 atom stereocenters. The number of rotatable bonds is 8. The van der Waals surface area contributed by atoms with E-state index in [4.69, 9.17) is 4.74 Å². The predicted octanol–water partition coefficient (Wildman–Crippen LogP) is 2.71. The van der Waals surface area contributed by atoms with Gasteiger partial charge in [0.05, 0.1) is 17.2 Å². The lowest BCUT2D eigenvalue weighted by Crippen LogP contribution is -2.30. The molecule has 0 bridgehead atoms. The Balaban J connectivity index is 2.20. The first kappa shape index (κ1) is 16.6. The van der Waals surface area contributed by atoms with Gasteiger partial charge >= 0.3 is 0 Å². The highest BCUT2D eigenvalue weighted by atomic mass is 79.9. The molecule has 0 heterocycles. The van der Waals surface area contributed by atoms with Crippen LogP contribution in [0.3, 0.4) is 0 Å². The van der Waals surface area contributed by atoms with Crippen molar-refractivity contribution < 1.29 is 14.2 Å². The van der Waals surface area contributed by atoms with Crippen LogP contribution in [0.5, 0.6) is 0 Å². The van der Waals surface area contributed by atoms with E-state index in [-0.39, 0.29) is 5.82 Å². The van der Waals surface area contributed by atoms with Gasteiger partial charge in [-0.3, -0.25) is 0 Å². The molecule has 1 aromatic rings. The first-order chi connectivity index (χ1) is 8.99. The Morgan fingerprint density at radius 3 is 2.74 bits per heavy atom. The summed E-state index contributed by atoms with van der Waals surface area (Å²) in [5.74, 6) is 0.197. The Hall–Kier alpha value is -0.490. The lowest BCUT2D eigenvalue weighted by molar-refractivity contribution is 0.0260. The fraction of sp³-hybridized carbons (Fsp3) is 0.571. The molecule has 0 spiro atoms. The maximum atomic E-state index is 13.0. The van der Waals surface area contributed by atoms with Crippen LogP contribution in [0.2, 0.25) is 0 Å². The minimum absolute atomic E-state index is 0.272. The number of aliphatic hydroxyl groups excluding tert-OH is 1. The molecule has 0 aliphatic heterocycles. The van der Waals surface area contributed by atoms with Gasteiger partial charge in [-0.2, -0.15) is 0 Å². The summed E-state index contributed by atoms with van der Waals surface area (Å²) in [4.78, 5) is 0. The molecular weight excluding hydrogens is 313 g/mol. The van der Waals surface area contributed by atoms with Crippen molar-refractivity contribution in [2.24, 2.45) is 5.92 Å². The van der Waals surface area contributed by atoms with Crippen LogP contribution in [0, 0.1) is 11.7 Å². The summed E-state index contributed by atoms with van der Waals surface area (Å²) < 4.78 is 18.8. The van der Waals surface area contributed by atoms with Crippen LogP contribution in [0.4, 0.5) is 4.39 Å². The molecule has 0 amide bonds. The molecule has 108 valence electrons. The monoisotopic (exact) mass is 333 g/mol. The van der Waals surface area contributed by atoms with Crippen LogP contribution in [0.15, 0.2) is 22.7 Å². The summed E-state index contributed by atoms with van der Waals surface area (Å²) in [6.45, 7) is 6.15. The third-order valence-electron chi connectivity index (χ3n) is 2.45. The second kappa shape index (κ2) is 8.64. The van der Waals surface area contributed by atoms with Gasteiger partial charge in [0.2, 0.25) is 0 Å². The van der Waals surface area contributed by atoms with Crippen LogP contribution >= 0.6 is 15.9 Å². The summed E-state index contributed by atoms with van der Waals surface area (Å²) >= 11 is 3.14. The maximum Gasteiger partial charge on any atom is 0.137 e. The molecule has 0 saturated heterocycles. The van der Waals surface area contributed by atoms with Gasteiger partial charge < -0.3 is 15.2 Å². The van der Waals surface area contributed by atoms with Gasteiger partial charge in [0.25, 0.3) is 0 Å². The lowest BCUT2D eigenvalue weighted by atomic mass is 10.2. The van der Waals surface area contributed by atoms with Crippen molar-refractivity contribution in [2.75, 3.05) is 19.8 Å². The summed E-state index contributed by atoms with van der Waals surface area (Å²) in [5.41, 5.74) is 0.962. The average molecular weight is 334 g/mol. The standard InChI is InChI=1S/C14H21BrFNO2/c1-10(2)8-19-9-12(18)7-17-6-11-3-4-14(16)13(15)5-11/h3-5,10,12,17-18H,6-9H2,1-2H3. The Morgan fingerprint density at radius 2 is 2.11 bits per heavy atom. The minimum Gasteiger partial charge on any atom is -0.389 e. The molecule has 0 aliphatic rings. The Kier molecular flexibility index (Phi) is 7.53. The third-order valence-corrected chi connectivity index (χ3v) is 3.06. The molecule has 0 fully saturated rings. The number of nitrogens with one attached hydrogen (secondary N) is 1. The van der Waals surface area contributed by atoms with Crippen LogP contribution in [0.1, 0.15) is 19.4 Å². The molecule has 19 heavy (non-hydrogen) atoms. The molecular formula is C14H21BrFNO2. The van der Waals surface area contributed by atoms with Crippen LogP contribution < -0.4 is 5.32 Å². The van der Waals surface area contributed by atoms with Crippen molar-refractivity contribution in [3.63, 3.8) is 0 Å². The molecule has 1 rings (SSSR count). The van der Waals surface area contributed by atoms with Gasteiger partial charge in [0.1, 0.15) is 5.82 Å². The van der Waals surface area contributed by atoms with E-state index in [1.165, 1.54) is 6.07 Å². The van der Waals surface area contributed by atoms with Gasteiger partial charge in [-0.15, -0.1) is 0 Å². The highest BCUT2D eigenvalue weighted by Crippen LogP contribution is 2.16. The maximum absolute atomic E-state index is 13.0. The number of ether oxygens (including phenoxy) is 1. The Labute approximate surface area is 122 Å². The molecule has 2 N–H and O–H groups in total. The van der Waals surface area contributed by atoms with E-state index in [9.17, 15) is 9.50 Å². The highest BCUT2D eigenvalue weighted by molar-refractivity contribution is 9.10. The summed E-state index contributed by atoms with van der Waals surface area (Å²) in [6, 6.07) is 4.86. The van der Waals surface area contributed by atoms with Crippen molar-refractivity contribution in [3.8, 4) is 0 Å². The number of hydrogen-bond acceptors (Lipinski definition) is 3. The molecule has 1 aromatic carbocycles. The van der Waals surface area contributed by atoms with Gasteiger partial charge in [-0.05, 0) is 39.5 Å². The number of hydrogen-bond donors (Lipinski definition) is 2. The Bertz CT molecular complexity index is 388. The van der Waals surface area contributed by atoms with Gasteiger partial charge in [-0.1, -0.05) is 19.9 Å². The fourth-order valence-electron chi connectivity index (χ4n) is 1.53. The van der Waals surface area contributed by atoms with Crippen molar-refractivity contribution in [2.45, 2.75) is 26.5 Å². The minimum atomic E-state index is -0.525. The molecule has 5 heteroatoms. The smallest absolute Gasteiger partial charge is 0.137 e. The van der Waals surface area contributed by atoms with E-state index in [0.717, 1.165) is 5.56 Å². The quantitative estimate of drug-likeness (QED) is 0.768. The zero-order chi connectivity index (χ0) is 14.3. The number of aliphatic hydroxyl groups is 1. The molecule has 1 unspecified atom stereocenters. The second-order valence-electron chi connectivity index (χ2n) is 4.96. The molecule has 3 nitrogen and oxygen atoms in total. The van der Waals surface area contributed by atoms with E-state index in [1.54, 1.807) is 12.1 Å². The van der Waals surface area contributed by atoms with E-state index >= 15 is 0 Å². The van der Waals surface area contributed by atoms with Crippen LogP contribution in [-0.4, -0.2) is 31.0 Å². The average Bonchev–Trinajstić information content (AvgIpc) is 2.33. The Morgan fingerprint density at radius 1 is 1.37 bits per heavy atom. The van der Waals surface area contributed by atoms with E-state index in [1.807, 2.05) is 0 Å². The molecule has 0 aliphatic carbocycles. The summed E-state index contributed by atoms with van der Waals surface area (Å²) in [5, 5.41) is 12.8. The van der Waals surface area contributed by atoms with Crippen LogP contribution in [-0.2, 0) is 11.3 Å². The molecule has 0 radical (unpaired) electrons. The summed E-state index contributed by atoms with van der Waals surface area (Å²) in [7, 11) is 0. The third kappa shape index (κ3) is 7.01. The zero-order valence-electron chi connectivity index (χ0n) is 11.3. The van der Waals surface area contributed by atoms with Crippen molar-refractivity contribution in [3.05, 3.63) is 34.1 Å². The van der Waals surface area contributed by atoms with Gasteiger partial charge in [0.15, 0.2) is 0 Å². The fourth-order valence-corrected chi connectivity index (χ4v) is 1.96. The SMILES string of the molecule is CC(C)COCC(O)CNCc1ccc(F)c(Br)c1. The second-order valence-corrected chi connectivity index (χ2v) is 5.82. The van der Waals surface area contributed by atoms with Crippen molar-refractivity contribution in [1.82, 2.24) is 5.32 Å². The predicted molar refractivity (Wildman–Crippen MR) is 77.5 cm³/mol. The largest absolute Gasteiger partial charge is 0.389 e. The van der Waals surface area contributed by atoms with E-state index < -0.39 is 6.10 Å². The number of halogens is 2. The topological polar surface area (TPSA) is 41.5 Å². The first-order valence-corrected chi connectivity index (χ1v) is 7.18. The van der Waals surface area contributed by atoms with E-state index in [0.29, 0.717) is 36.7 Å². The van der Waals surface area contributed by atoms with Crippen LogP contribution in [0.25, 0.3) is 0 Å². The lowest BCUT2D eigenvalue weighted by Gasteiger charge is -2.13. The highest BCUT2D eigenvalue weighted by Gasteiger charge is 2.05. The van der Waals surface area contributed by atoms with E-state index in [2.05, 4.69) is 35.1 Å². The number of benzene rings is 1. The van der Waals surface area contributed by atoms with Crippen molar-refractivity contribution in [1.29, 1.82) is 0 Å². The zero-order valence-corrected chi connectivity index (χ0v) is 12.9. The van der Waals surface area contributed by atoms with Gasteiger partial charge in [-0.25, -0.2) is 4.39 Å². The molecule has 0 saturated carbocycles. The first-order valence-electron chi connectivity index (χ1n) is 6.39. The van der Waals surface area contributed by atoms with Gasteiger partial charge in [0, 0.05) is 19.7 Å². The normalized spacial score (nSPS) is 12.9. The summed E-state index contributed by atoms with van der Waals surface area (Å²) in [6.07, 6.45) is -0.525. The molecule has 0 aromatic heterocycles.